The molecule has 1 heterocycles. The molecule has 1 aliphatic rings. The average molecular weight is 230 g/mol. The molecule has 0 aromatic heterocycles. The summed E-state index contributed by atoms with van der Waals surface area (Å²) < 4.78 is 0. The monoisotopic (exact) mass is 229 g/mol. The largest absolute Gasteiger partial charge is 0.369 e. The van der Waals surface area contributed by atoms with E-state index in [1.807, 2.05) is 19.1 Å². The van der Waals surface area contributed by atoms with Crippen molar-refractivity contribution in [3.05, 3.63) is 27.7 Å². The summed E-state index contributed by atoms with van der Waals surface area (Å²) in [4.78, 5) is 2.27. The van der Waals surface area contributed by atoms with Gasteiger partial charge in [0.05, 0.1) is 15.7 Å². The van der Waals surface area contributed by atoms with Crippen LogP contribution in [0.3, 0.4) is 0 Å². The Morgan fingerprint density at radius 1 is 1.07 bits per heavy atom. The van der Waals surface area contributed by atoms with E-state index >= 15 is 0 Å². The van der Waals surface area contributed by atoms with Crippen LogP contribution >= 0.6 is 23.2 Å². The first-order valence-electron chi connectivity index (χ1n) is 4.89. The van der Waals surface area contributed by atoms with Crippen LogP contribution in [0.2, 0.25) is 10.0 Å². The molecule has 3 heteroatoms. The number of aryl methyl sites for hydroxylation is 1. The molecule has 0 amide bonds. The minimum Gasteiger partial charge on any atom is -0.369 e. The molecular weight excluding hydrogens is 217 g/mol. The molecule has 1 aromatic carbocycles. The van der Waals surface area contributed by atoms with E-state index in [1.54, 1.807) is 0 Å². The molecule has 14 heavy (non-hydrogen) atoms. The van der Waals surface area contributed by atoms with Gasteiger partial charge < -0.3 is 4.90 Å². The fourth-order valence-electron chi connectivity index (χ4n) is 1.94. The number of hydrogen-bond acceptors (Lipinski definition) is 1. The van der Waals surface area contributed by atoms with Gasteiger partial charge in [0.15, 0.2) is 0 Å². The zero-order valence-electron chi connectivity index (χ0n) is 8.19. The predicted molar refractivity (Wildman–Crippen MR) is 62.6 cm³/mol. The van der Waals surface area contributed by atoms with Crippen LogP contribution in [0.25, 0.3) is 0 Å². The van der Waals surface area contributed by atoms with Gasteiger partial charge in [-0.25, -0.2) is 0 Å². The maximum atomic E-state index is 6.19. The molecule has 1 fully saturated rings. The second-order valence-corrected chi connectivity index (χ2v) is 4.59. The van der Waals surface area contributed by atoms with E-state index in [1.165, 1.54) is 12.8 Å². The summed E-state index contributed by atoms with van der Waals surface area (Å²) in [5.74, 6) is 0. The first-order chi connectivity index (χ1) is 6.68. The average Bonchev–Trinajstić information content (AvgIpc) is 2.54. The zero-order valence-corrected chi connectivity index (χ0v) is 9.70. The van der Waals surface area contributed by atoms with Gasteiger partial charge in [0.25, 0.3) is 0 Å². The predicted octanol–water partition coefficient (Wildman–Crippen LogP) is 3.90. The Balaban J connectivity index is 2.40. The van der Waals surface area contributed by atoms with Crippen LogP contribution in [0.15, 0.2) is 12.1 Å². The van der Waals surface area contributed by atoms with Crippen molar-refractivity contribution in [3.8, 4) is 0 Å². The Labute approximate surface area is 94.6 Å². The minimum atomic E-state index is 0.775. The molecule has 0 unspecified atom stereocenters. The zero-order chi connectivity index (χ0) is 10.1. The topological polar surface area (TPSA) is 3.24 Å². The van der Waals surface area contributed by atoms with Crippen LogP contribution in [-0.4, -0.2) is 13.1 Å². The number of nitrogens with zero attached hydrogens (tertiary/aromatic N) is 1. The van der Waals surface area contributed by atoms with Crippen LogP contribution in [0.1, 0.15) is 18.4 Å². The molecule has 1 saturated heterocycles. The van der Waals surface area contributed by atoms with Gasteiger partial charge in [-0.15, -0.1) is 0 Å². The third-order valence-electron chi connectivity index (χ3n) is 2.58. The van der Waals surface area contributed by atoms with Gasteiger partial charge in [-0.3, -0.25) is 0 Å². The van der Waals surface area contributed by atoms with E-state index < -0.39 is 0 Å². The molecule has 0 bridgehead atoms. The molecule has 1 nitrogen and oxygen atoms in total. The summed E-state index contributed by atoms with van der Waals surface area (Å²) in [6.45, 7) is 4.15. The highest BCUT2D eigenvalue weighted by atomic mass is 35.5. The molecule has 1 aromatic rings. The Morgan fingerprint density at radius 3 is 2.07 bits per heavy atom. The van der Waals surface area contributed by atoms with Gasteiger partial charge in [-0.05, 0) is 37.5 Å². The first kappa shape index (κ1) is 10.1. The van der Waals surface area contributed by atoms with Crippen molar-refractivity contribution in [3.63, 3.8) is 0 Å². The Morgan fingerprint density at radius 2 is 1.57 bits per heavy atom. The molecule has 0 aliphatic carbocycles. The first-order valence-corrected chi connectivity index (χ1v) is 5.64. The van der Waals surface area contributed by atoms with Crippen molar-refractivity contribution in [1.82, 2.24) is 0 Å². The highest BCUT2D eigenvalue weighted by molar-refractivity contribution is 6.39. The molecule has 76 valence electrons. The summed E-state index contributed by atoms with van der Waals surface area (Å²) in [5.41, 5.74) is 2.12. The second-order valence-electron chi connectivity index (χ2n) is 3.77. The van der Waals surface area contributed by atoms with E-state index in [0.717, 1.165) is 34.4 Å². The normalized spacial score (nSPS) is 16.4. The number of halogens is 2. The molecule has 0 atom stereocenters. The lowest BCUT2D eigenvalue weighted by Crippen LogP contribution is -2.18. The Bertz CT molecular complexity index is 320. The van der Waals surface area contributed by atoms with Crippen molar-refractivity contribution >= 4 is 28.9 Å². The van der Waals surface area contributed by atoms with Gasteiger partial charge in [0.1, 0.15) is 0 Å². The van der Waals surface area contributed by atoms with E-state index in [4.69, 9.17) is 23.2 Å². The van der Waals surface area contributed by atoms with Crippen molar-refractivity contribution in [2.45, 2.75) is 19.8 Å². The maximum Gasteiger partial charge on any atom is 0.0745 e. The standard InChI is InChI=1S/C11H13Cl2N/c1-8-6-9(12)11(10(13)7-8)14-4-2-3-5-14/h6-7H,2-5H2,1H3. The quantitative estimate of drug-likeness (QED) is 0.707. The van der Waals surface area contributed by atoms with Crippen molar-refractivity contribution in [2.24, 2.45) is 0 Å². The van der Waals surface area contributed by atoms with Crippen molar-refractivity contribution in [1.29, 1.82) is 0 Å². The second kappa shape index (κ2) is 4.00. The van der Waals surface area contributed by atoms with Gasteiger partial charge in [-0.2, -0.15) is 0 Å². The SMILES string of the molecule is Cc1cc(Cl)c(N2CCCC2)c(Cl)c1. The van der Waals surface area contributed by atoms with Crippen LogP contribution in [-0.2, 0) is 0 Å². The summed E-state index contributed by atoms with van der Waals surface area (Å²) in [5, 5.41) is 1.55. The Hall–Kier alpha value is -0.400. The van der Waals surface area contributed by atoms with Crippen molar-refractivity contribution < 1.29 is 0 Å². The highest BCUT2D eigenvalue weighted by Crippen LogP contribution is 2.36. The maximum absolute atomic E-state index is 6.19. The van der Waals surface area contributed by atoms with Crippen molar-refractivity contribution in [2.75, 3.05) is 18.0 Å². The third kappa shape index (κ3) is 1.84. The van der Waals surface area contributed by atoms with E-state index in [-0.39, 0.29) is 0 Å². The fourth-order valence-corrected chi connectivity index (χ4v) is 2.77. The lowest BCUT2D eigenvalue weighted by atomic mass is 10.2. The Kier molecular flexibility index (Phi) is 2.89. The van der Waals surface area contributed by atoms with Crippen LogP contribution in [0.4, 0.5) is 5.69 Å². The molecule has 1 aliphatic heterocycles. The third-order valence-corrected chi connectivity index (χ3v) is 3.16. The molecule has 0 radical (unpaired) electrons. The number of benzene rings is 1. The van der Waals surface area contributed by atoms with E-state index in [0.29, 0.717) is 0 Å². The molecular formula is C11H13Cl2N. The summed E-state index contributed by atoms with van der Waals surface area (Å²) in [6, 6.07) is 3.95. The number of hydrogen-bond donors (Lipinski definition) is 0. The summed E-state index contributed by atoms with van der Waals surface area (Å²) in [7, 11) is 0. The number of anilines is 1. The number of rotatable bonds is 1. The molecule has 0 N–H and O–H groups in total. The summed E-state index contributed by atoms with van der Waals surface area (Å²) >= 11 is 12.4. The molecule has 2 rings (SSSR count). The fraction of sp³-hybridized carbons (Fsp3) is 0.455. The summed E-state index contributed by atoms with van der Waals surface area (Å²) in [6.07, 6.45) is 2.47. The van der Waals surface area contributed by atoms with Gasteiger partial charge in [0.2, 0.25) is 0 Å². The van der Waals surface area contributed by atoms with Gasteiger partial charge in [0, 0.05) is 13.1 Å². The van der Waals surface area contributed by atoms with Crippen LogP contribution < -0.4 is 4.90 Å². The van der Waals surface area contributed by atoms with Gasteiger partial charge >= 0.3 is 0 Å². The highest BCUT2D eigenvalue weighted by Gasteiger charge is 2.18. The molecule has 0 spiro atoms. The minimum absolute atomic E-state index is 0.775. The van der Waals surface area contributed by atoms with Gasteiger partial charge in [-0.1, -0.05) is 23.2 Å². The van der Waals surface area contributed by atoms with Crippen LogP contribution in [0.5, 0.6) is 0 Å². The lowest BCUT2D eigenvalue weighted by Gasteiger charge is -2.20. The lowest BCUT2D eigenvalue weighted by molar-refractivity contribution is 0.949. The van der Waals surface area contributed by atoms with E-state index in [2.05, 4.69) is 4.90 Å². The van der Waals surface area contributed by atoms with E-state index in [9.17, 15) is 0 Å². The van der Waals surface area contributed by atoms with Crippen LogP contribution in [0, 0.1) is 6.92 Å². The molecule has 0 saturated carbocycles. The smallest absolute Gasteiger partial charge is 0.0745 e.